The molecule has 1 aromatic carbocycles. The minimum absolute atomic E-state index is 0. The summed E-state index contributed by atoms with van der Waals surface area (Å²) in [6.07, 6.45) is 0.242. The number of sulfonamides is 1. The number of hydrogen-bond donors (Lipinski definition) is 0. The normalized spacial score (nSPS) is 25.2. The van der Waals surface area contributed by atoms with Crippen molar-refractivity contribution >= 4 is 28.2 Å². The Morgan fingerprint density at radius 3 is 2.24 bits per heavy atom. The van der Waals surface area contributed by atoms with Crippen molar-refractivity contribution < 1.29 is 26.4 Å². The van der Waals surface area contributed by atoms with E-state index in [4.69, 9.17) is 0 Å². The Morgan fingerprint density at radius 2 is 1.67 bits per heavy atom. The Hall–Kier alpha value is -1.98. The first-order chi connectivity index (χ1) is 19.0. The lowest BCUT2D eigenvalue weighted by molar-refractivity contribution is -0.122. The van der Waals surface area contributed by atoms with E-state index in [1.165, 1.54) is 0 Å². The fraction of sp³-hybridized carbons (Fsp3) is 0.700. The molecule has 2 saturated carbocycles. The summed E-state index contributed by atoms with van der Waals surface area (Å²) in [5.74, 6) is -1.30. The monoisotopic (exact) mass is 630 g/mol. The Bertz CT molecular complexity index is 1410. The quantitative estimate of drug-likeness (QED) is 0.325. The molecule has 7 nitrogen and oxygen atoms in total. The first kappa shape index (κ1) is 32.9. The van der Waals surface area contributed by atoms with Crippen LogP contribution in [0.15, 0.2) is 18.2 Å². The van der Waals surface area contributed by atoms with Gasteiger partial charge in [0, 0.05) is 43.3 Å². The lowest BCUT2D eigenvalue weighted by Crippen LogP contribution is -2.37. The number of ketones is 1. The number of carbonyl (C=O) groups excluding carboxylic acids is 1. The molecule has 5 rings (SSSR count). The van der Waals surface area contributed by atoms with Gasteiger partial charge in [-0.25, -0.2) is 12.7 Å². The van der Waals surface area contributed by atoms with Gasteiger partial charge >= 0.3 is 6.18 Å². The smallest absolute Gasteiger partial charge is 0.311 e. The van der Waals surface area contributed by atoms with Crippen molar-refractivity contribution in [3.05, 3.63) is 46.5 Å². The Kier molecular flexibility index (Phi) is 9.28. The number of benzene rings is 1. The molecule has 42 heavy (non-hydrogen) atoms. The topological polar surface area (TPSA) is 85.2 Å². The van der Waals surface area contributed by atoms with Crippen LogP contribution in [0.5, 0.6) is 0 Å². The summed E-state index contributed by atoms with van der Waals surface area (Å²) >= 11 is 0. The van der Waals surface area contributed by atoms with Gasteiger partial charge in [-0.1, -0.05) is 44.5 Å². The van der Waals surface area contributed by atoms with Crippen LogP contribution in [0.2, 0.25) is 0 Å². The second kappa shape index (κ2) is 11.8. The van der Waals surface area contributed by atoms with Crippen molar-refractivity contribution in [3.8, 4) is 0 Å². The number of hydrogen-bond acceptors (Lipinski definition) is 5. The number of aryl methyl sites for hydroxylation is 2. The van der Waals surface area contributed by atoms with E-state index in [9.17, 15) is 26.4 Å². The van der Waals surface area contributed by atoms with Crippen molar-refractivity contribution in [1.29, 1.82) is 0 Å². The maximum atomic E-state index is 13.8. The van der Waals surface area contributed by atoms with Gasteiger partial charge in [0.2, 0.25) is 10.0 Å². The van der Waals surface area contributed by atoms with Crippen LogP contribution >= 0.6 is 12.4 Å². The van der Waals surface area contributed by atoms with Gasteiger partial charge in [0.05, 0.1) is 0 Å². The number of alkyl halides is 3. The Balaban J connectivity index is 0.00000405. The lowest BCUT2D eigenvalue weighted by Gasteiger charge is -2.38. The number of rotatable bonds is 9. The number of nitrogens with zero attached hydrogens (tertiary/aromatic N) is 4. The van der Waals surface area contributed by atoms with Crippen molar-refractivity contribution in [3.63, 3.8) is 0 Å². The summed E-state index contributed by atoms with van der Waals surface area (Å²) < 4.78 is 68.2. The number of halogens is 4. The van der Waals surface area contributed by atoms with E-state index in [2.05, 4.69) is 35.5 Å². The molecule has 3 fully saturated rings. The van der Waals surface area contributed by atoms with E-state index in [1.54, 1.807) is 0 Å². The van der Waals surface area contributed by atoms with Gasteiger partial charge < -0.3 is 4.57 Å². The predicted octanol–water partition coefficient (Wildman–Crippen LogP) is 6.30. The first-order valence-electron chi connectivity index (χ1n) is 14.6. The van der Waals surface area contributed by atoms with Gasteiger partial charge in [0.15, 0.2) is 5.75 Å². The molecule has 0 radical (unpaired) electrons. The van der Waals surface area contributed by atoms with Gasteiger partial charge in [-0.2, -0.15) is 13.2 Å². The molecular formula is C30H42ClF3N4O3S. The molecule has 1 saturated heterocycles. The van der Waals surface area contributed by atoms with Crippen LogP contribution in [0.25, 0.3) is 0 Å². The molecule has 234 valence electrons. The minimum atomic E-state index is -4.87. The van der Waals surface area contributed by atoms with Crippen LogP contribution in [0, 0.1) is 31.1 Å². The number of aromatic nitrogens is 3. The van der Waals surface area contributed by atoms with Crippen LogP contribution < -0.4 is 0 Å². The lowest BCUT2D eigenvalue weighted by atomic mass is 9.68. The van der Waals surface area contributed by atoms with Gasteiger partial charge in [-0.05, 0) is 68.4 Å². The third kappa shape index (κ3) is 7.38. The molecule has 0 spiro atoms. The maximum absolute atomic E-state index is 13.8. The summed E-state index contributed by atoms with van der Waals surface area (Å²) in [4.78, 5) is 13.8. The van der Waals surface area contributed by atoms with Gasteiger partial charge in [0.25, 0.3) is 0 Å². The zero-order chi connectivity index (χ0) is 29.9. The van der Waals surface area contributed by atoms with Crippen molar-refractivity contribution in [1.82, 2.24) is 19.1 Å². The standard InChI is InChI=1S/C30H41F3N4O3S.ClH/c1-18-6-7-21(19(2)10-18)13-26(38)24-15-36(41(39,40)17-30(31,32)33)16-25(24)28-35-34-27(37(28)23-8-9-23)22-11-20(12-22)14-29(3,4)5;/h6-7,10,20,22-25H,8-9,11-17H2,1-5H3;1H/t20?,22?,24-,25-;/m0./s1. The second-order valence-electron chi connectivity index (χ2n) is 13.8. The summed E-state index contributed by atoms with van der Waals surface area (Å²) in [7, 11) is -4.66. The first-order valence-corrected chi connectivity index (χ1v) is 16.2. The fourth-order valence-corrected chi connectivity index (χ4v) is 8.15. The SMILES string of the molecule is Cc1ccc(CC(=O)[C@H]2CN(S(=O)(=O)CC(F)(F)F)C[C@@H]2c2nnc(C3CC(CC(C)(C)C)C3)n2C2CC2)c(C)c1.Cl. The zero-order valence-electron chi connectivity index (χ0n) is 24.9. The van der Waals surface area contributed by atoms with Crippen LogP contribution in [-0.4, -0.2) is 58.3 Å². The van der Waals surface area contributed by atoms with Crippen LogP contribution in [-0.2, 0) is 21.2 Å². The molecule has 0 N–H and O–H groups in total. The molecule has 1 aliphatic heterocycles. The highest BCUT2D eigenvalue weighted by Gasteiger charge is 2.49. The van der Waals surface area contributed by atoms with Crippen LogP contribution in [0.3, 0.4) is 0 Å². The number of Topliss-reactive ketones (excluding diaryl/α,β-unsaturated/α-hetero) is 1. The molecule has 0 unspecified atom stereocenters. The third-order valence-electron chi connectivity index (χ3n) is 8.80. The Labute approximate surface area is 253 Å². The highest BCUT2D eigenvalue weighted by molar-refractivity contribution is 7.89. The minimum Gasteiger partial charge on any atom is -0.311 e. The fourth-order valence-electron chi connectivity index (χ4n) is 6.78. The molecule has 2 heterocycles. The molecule has 0 amide bonds. The molecule has 1 aromatic heterocycles. The third-order valence-corrected chi connectivity index (χ3v) is 10.6. The highest BCUT2D eigenvalue weighted by atomic mass is 35.5. The molecule has 2 atom stereocenters. The summed E-state index contributed by atoms with van der Waals surface area (Å²) in [5, 5.41) is 9.12. The van der Waals surface area contributed by atoms with Crippen molar-refractivity contribution in [2.24, 2.45) is 17.3 Å². The molecule has 2 aromatic rings. The molecule has 12 heteroatoms. The van der Waals surface area contributed by atoms with E-state index in [-0.39, 0.29) is 55.1 Å². The van der Waals surface area contributed by atoms with E-state index in [0.29, 0.717) is 11.7 Å². The molecule has 2 aliphatic carbocycles. The van der Waals surface area contributed by atoms with Crippen LogP contribution in [0.4, 0.5) is 13.2 Å². The summed E-state index contributed by atoms with van der Waals surface area (Å²) in [6, 6.07) is 5.98. The van der Waals surface area contributed by atoms with Gasteiger partial charge in [-0.3, -0.25) is 4.79 Å². The summed E-state index contributed by atoms with van der Waals surface area (Å²) in [6.45, 7) is 10.1. The van der Waals surface area contributed by atoms with Crippen molar-refractivity contribution in [2.75, 3.05) is 18.8 Å². The average Bonchev–Trinajstić information content (AvgIpc) is 3.37. The van der Waals surface area contributed by atoms with Crippen molar-refractivity contribution in [2.45, 2.75) is 97.2 Å². The van der Waals surface area contributed by atoms with E-state index < -0.39 is 33.8 Å². The molecule has 0 bridgehead atoms. The van der Waals surface area contributed by atoms with Crippen LogP contribution in [0.1, 0.15) is 99.1 Å². The van der Waals surface area contributed by atoms with E-state index in [1.807, 2.05) is 32.0 Å². The van der Waals surface area contributed by atoms with E-state index >= 15 is 0 Å². The number of carbonyl (C=O) groups is 1. The second-order valence-corrected chi connectivity index (χ2v) is 15.8. The van der Waals surface area contributed by atoms with E-state index in [0.717, 1.165) is 58.9 Å². The maximum Gasteiger partial charge on any atom is 0.404 e. The largest absolute Gasteiger partial charge is 0.404 e. The van der Waals surface area contributed by atoms with Gasteiger partial charge in [0.1, 0.15) is 17.4 Å². The Morgan fingerprint density at radius 1 is 1.02 bits per heavy atom. The van der Waals surface area contributed by atoms with Gasteiger partial charge in [-0.15, -0.1) is 22.6 Å². The summed E-state index contributed by atoms with van der Waals surface area (Å²) in [5.41, 5.74) is 3.09. The zero-order valence-corrected chi connectivity index (χ0v) is 26.6. The predicted molar refractivity (Wildman–Crippen MR) is 157 cm³/mol. The average molecular weight is 631 g/mol. The molecule has 3 aliphatic rings. The highest BCUT2D eigenvalue weighted by Crippen LogP contribution is 2.50. The molecular weight excluding hydrogens is 589 g/mol.